The first-order valence-electron chi connectivity index (χ1n) is 2.81. The maximum Gasteiger partial charge on any atom is 0.229 e. The molecule has 8 heavy (non-hydrogen) atoms. The summed E-state index contributed by atoms with van der Waals surface area (Å²) < 4.78 is 10.1. The summed E-state index contributed by atoms with van der Waals surface area (Å²) in [5, 5.41) is 0. The van der Waals surface area contributed by atoms with Crippen LogP contribution in [0.4, 0.5) is 0 Å². The van der Waals surface area contributed by atoms with Gasteiger partial charge in [-0.2, -0.15) is 0 Å². The highest BCUT2D eigenvalue weighted by atomic mass is 16.9. The first kappa shape index (κ1) is 6.01. The lowest BCUT2D eigenvalue weighted by molar-refractivity contribution is -0.444. The summed E-state index contributed by atoms with van der Waals surface area (Å²) in [6.07, 6.45) is 0.595. The predicted octanol–water partition coefficient (Wildman–Crippen LogP) is 0.402. The summed E-state index contributed by atoms with van der Waals surface area (Å²) in [5.74, 6) is -0.764. The number of hydrogen-bond acceptors (Lipinski definition) is 3. The van der Waals surface area contributed by atoms with Crippen molar-refractivity contribution >= 4 is 0 Å². The fourth-order valence-corrected chi connectivity index (χ4v) is 0.737. The SMILES string of the molecule is CCC1(N)OC(C)O1. The lowest BCUT2D eigenvalue weighted by Gasteiger charge is -2.42. The number of nitrogens with two attached hydrogens (primary N) is 1. The minimum atomic E-state index is -0.764. The third-order valence-corrected chi connectivity index (χ3v) is 1.22. The molecule has 0 bridgehead atoms. The maximum absolute atomic E-state index is 5.45. The smallest absolute Gasteiger partial charge is 0.229 e. The van der Waals surface area contributed by atoms with E-state index in [1.54, 1.807) is 0 Å². The van der Waals surface area contributed by atoms with E-state index in [-0.39, 0.29) is 6.29 Å². The quantitative estimate of drug-likeness (QED) is 0.540. The number of ether oxygens (including phenoxy) is 2. The van der Waals surface area contributed by atoms with Crippen LogP contribution in [0.15, 0.2) is 0 Å². The van der Waals surface area contributed by atoms with Crippen LogP contribution in [-0.4, -0.2) is 12.2 Å². The molecule has 0 radical (unpaired) electrons. The topological polar surface area (TPSA) is 44.5 Å². The predicted molar refractivity (Wildman–Crippen MR) is 28.8 cm³/mol. The molecule has 1 aliphatic heterocycles. The van der Waals surface area contributed by atoms with Gasteiger partial charge in [0.05, 0.1) is 0 Å². The Morgan fingerprint density at radius 2 is 2.12 bits per heavy atom. The molecule has 2 N–H and O–H groups in total. The van der Waals surface area contributed by atoms with Crippen molar-refractivity contribution in [3.05, 3.63) is 0 Å². The van der Waals surface area contributed by atoms with E-state index in [4.69, 9.17) is 15.2 Å². The molecule has 0 atom stereocenters. The molecule has 0 amide bonds. The van der Waals surface area contributed by atoms with Crippen molar-refractivity contribution in [2.75, 3.05) is 0 Å². The summed E-state index contributed by atoms with van der Waals surface area (Å²) in [6, 6.07) is 0. The van der Waals surface area contributed by atoms with Crippen molar-refractivity contribution in [3.8, 4) is 0 Å². The van der Waals surface area contributed by atoms with Crippen LogP contribution in [0.1, 0.15) is 20.3 Å². The molecule has 0 saturated carbocycles. The van der Waals surface area contributed by atoms with Crippen LogP contribution in [0.25, 0.3) is 0 Å². The summed E-state index contributed by atoms with van der Waals surface area (Å²) in [6.45, 7) is 3.74. The van der Waals surface area contributed by atoms with Crippen LogP contribution in [0, 0.1) is 0 Å². The van der Waals surface area contributed by atoms with Crippen molar-refractivity contribution in [3.63, 3.8) is 0 Å². The van der Waals surface area contributed by atoms with Gasteiger partial charge in [0.25, 0.3) is 0 Å². The zero-order valence-corrected chi connectivity index (χ0v) is 5.18. The first-order valence-corrected chi connectivity index (χ1v) is 2.81. The van der Waals surface area contributed by atoms with Crippen LogP contribution in [0.2, 0.25) is 0 Å². The van der Waals surface area contributed by atoms with E-state index in [9.17, 15) is 0 Å². The van der Waals surface area contributed by atoms with Gasteiger partial charge in [0.2, 0.25) is 5.91 Å². The lowest BCUT2D eigenvalue weighted by atomic mass is 10.3. The molecule has 3 heteroatoms. The largest absolute Gasteiger partial charge is 0.308 e. The van der Waals surface area contributed by atoms with Crippen molar-refractivity contribution < 1.29 is 9.47 Å². The van der Waals surface area contributed by atoms with Gasteiger partial charge in [-0.25, -0.2) is 0 Å². The van der Waals surface area contributed by atoms with E-state index < -0.39 is 5.91 Å². The first-order chi connectivity index (χ1) is 3.66. The molecule has 1 fully saturated rings. The van der Waals surface area contributed by atoms with Crippen molar-refractivity contribution in [1.29, 1.82) is 0 Å². The molecule has 0 unspecified atom stereocenters. The molecular formula is C5H11NO2. The minimum absolute atomic E-state index is 0.111. The molecule has 0 aromatic carbocycles. The monoisotopic (exact) mass is 117 g/mol. The fourth-order valence-electron chi connectivity index (χ4n) is 0.737. The van der Waals surface area contributed by atoms with Gasteiger partial charge in [0.15, 0.2) is 6.29 Å². The van der Waals surface area contributed by atoms with Gasteiger partial charge >= 0.3 is 0 Å². The van der Waals surface area contributed by atoms with Crippen molar-refractivity contribution in [2.45, 2.75) is 32.5 Å². The average Bonchev–Trinajstić information content (AvgIpc) is 1.63. The Morgan fingerprint density at radius 1 is 1.62 bits per heavy atom. The Hall–Kier alpha value is -0.120. The third-order valence-electron chi connectivity index (χ3n) is 1.22. The van der Waals surface area contributed by atoms with E-state index >= 15 is 0 Å². The van der Waals surface area contributed by atoms with Gasteiger partial charge < -0.3 is 9.47 Å². The van der Waals surface area contributed by atoms with Gasteiger partial charge in [0, 0.05) is 6.42 Å². The maximum atomic E-state index is 5.45. The molecule has 1 saturated heterocycles. The highest BCUT2D eigenvalue weighted by Crippen LogP contribution is 2.25. The molecular weight excluding hydrogens is 106 g/mol. The molecule has 3 nitrogen and oxygen atoms in total. The van der Waals surface area contributed by atoms with Crippen LogP contribution in [-0.2, 0) is 9.47 Å². The van der Waals surface area contributed by atoms with Gasteiger partial charge in [-0.1, -0.05) is 6.92 Å². The molecule has 0 aliphatic carbocycles. The second-order valence-electron chi connectivity index (χ2n) is 1.97. The molecule has 0 aromatic heterocycles. The minimum Gasteiger partial charge on any atom is -0.308 e. The third kappa shape index (κ3) is 0.844. The van der Waals surface area contributed by atoms with E-state index in [1.807, 2.05) is 13.8 Å². The van der Waals surface area contributed by atoms with Crippen LogP contribution >= 0.6 is 0 Å². The van der Waals surface area contributed by atoms with E-state index in [2.05, 4.69) is 0 Å². The molecule has 1 heterocycles. The molecule has 0 aromatic rings. The van der Waals surface area contributed by atoms with Crippen molar-refractivity contribution in [1.82, 2.24) is 0 Å². The summed E-state index contributed by atoms with van der Waals surface area (Å²) in [4.78, 5) is 0. The number of rotatable bonds is 1. The van der Waals surface area contributed by atoms with E-state index in [1.165, 1.54) is 0 Å². The Bertz CT molecular complexity index is 88.4. The Balaban J connectivity index is 2.30. The van der Waals surface area contributed by atoms with Gasteiger partial charge in [-0.15, -0.1) is 0 Å². The highest BCUT2D eigenvalue weighted by Gasteiger charge is 2.39. The van der Waals surface area contributed by atoms with Crippen molar-refractivity contribution in [2.24, 2.45) is 5.73 Å². The number of hydrogen-bond donors (Lipinski definition) is 1. The fraction of sp³-hybridized carbons (Fsp3) is 1.00. The molecule has 1 aliphatic rings. The zero-order chi connectivity index (χ0) is 6.20. The Morgan fingerprint density at radius 3 is 2.25 bits per heavy atom. The second-order valence-corrected chi connectivity index (χ2v) is 1.97. The Labute approximate surface area is 48.8 Å². The highest BCUT2D eigenvalue weighted by molar-refractivity contribution is 4.66. The van der Waals surface area contributed by atoms with Crippen LogP contribution < -0.4 is 5.73 Å². The Kier molecular flexibility index (Phi) is 1.27. The van der Waals surface area contributed by atoms with Gasteiger partial charge in [-0.05, 0) is 6.92 Å². The van der Waals surface area contributed by atoms with Crippen LogP contribution in [0.5, 0.6) is 0 Å². The van der Waals surface area contributed by atoms with E-state index in [0.29, 0.717) is 6.42 Å². The molecule has 48 valence electrons. The molecule has 0 spiro atoms. The molecule has 1 rings (SSSR count). The summed E-state index contributed by atoms with van der Waals surface area (Å²) in [7, 11) is 0. The summed E-state index contributed by atoms with van der Waals surface area (Å²) >= 11 is 0. The van der Waals surface area contributed by atoms with E-state index in [0.717, 1.165) is 0 Å². The lowest BCUT2D eigenvalue weighted by Crippen LogP contribution is -2.58. The summed E-state index contributed by atoms with van der Waals surface area (Å²) in [5.41, 5.74) is 5.45. The van der Waals surface area contributed by atoms with Gasteiger partial charge in [-0.3, -0.25) is 5.73 Å². The average molecular weight is 117 g/mol. The van der Waals surface area contributed by atoms with Gasteiger partial charge in [0.1, 0.15) is 0 Å². The normalized spacial score (nSPS) is 46.1. The van der Waals surface area contributed by atoms with Crippen LogP contribution in [0.3, 0.4) is 0 Å². The zero-order valence-electron chi connectivity index (χ0n) is 5.18. The standard InChI is InChI=1S/C5H11NO2/c1-3-5(6)7-4(2)8-5/h4H,3,6H2,1-2H3. The second kappa shape index (κ2) is 1.69.